The number of nitrogens with zero attached hydrogens (tertiary/aromatic N) is 2. The van der Waals surface area contributed by atoms with Crippen LogP contribution in [0.15, 0.2) is 23.6 Å². The van der Waals surface area contributed by atoms with Gasteiger partial charge in [0.05, 0.1) is 17.4 Å². The van der Waals surface area contributed by atoms with Crippen molar-refractivity contribution in [1.82, 2.24) is 4.98 Å². The number of fused-ring (bicyclic) bond motifs is 1. The monoisotopic (exact) mass is 259 g/mol. The molecule has 0 aromatic carbocycles. The fourth-order valence-electron chi connectivity index (χ4n) is 2.54. The third-order valence-corrected chi connectivity index (χ3v) is 4.68. The molecule has 3 heterocycles. The lowest BCUT2D eigenvalue weighted by Gasteiger charge is -2.34. The van der Waals surface area contributed by atoms with Crippen LogP contribution in [0.25, 0.3) is 0 Å². The fourth-order valence-corrected chi connectivity index (χ4v) is 3.50. The maximum absolute atomic E-state index is 5.83. The van der Waals surface area contributed by atoms with E-state index in [0.717, 1.165) is 30.2 Å². The Hall–Kier alpha value is -1.55. The first-order valence-corrected chi connectivity index (χ1v) is 7.11. The Morgan fingerprint density at radius 2 is 2.22 bits per heavy atom. The molecule has 2 N–H and O–H groups in total. The molecule has 0 bridgehead atoms. The van der Waals surface area contributed by atoms with Crippen LogP contribution in [0, 0.1) is 6.92 Å². The number of pyridine rings is 1. The largest absolute Gasteiger partial charge is 0.397 e. The molecular weight excluding hydrogens is 242 g/mol. The Morgan fingerprint density at radius 3 is 3.00 bits per heavy atom. The van der Waals surface area contributed by atoms with Crippen molar-refractivity contribution in [2.45, 2.75) is 26.3 Å². The Labute approximate surface area is 111 Å². The molecule has 0 aliphatic carbocycles. The van der Waals surface area contributed by atoms with Crippen LogP contribution in [-0.2, 0) is 6.42 Å². The number of anilines is 2. The molecule has 0 saturated carbocycles. The van der Waals surface area contributed by atoms with Crippen molar-refractivity contribution in [1.29, 1.82) is 0 Å². The smallest absolute Gasteiger partial charge is 0.129 e. The Bertz CT molecular complexity index is 576. The maximum atomic E-state index is 5.83. The van der Waals surface area contributed by atoms with Crippen molar-refractivity contribution < 1.29 is 0 Å². The van der Waals surface area contributed by atoms with E-state index in [1.807, 2.05) is 30.4 Å². The molecule has 1 aliphatic rings. The highest BCUT2D eigenvalue weighted by Gasteiger charge is 2.25. The number of rotatable bonds is 1. The predicted octanol–water partition coefficient (Wildman–Crippen LogP) is 3.16. The van der Waals surface area contributed by atoms with Gasteiger partial charge in [-0.15, -0.1) is 11.3 Å². The molecular formula is C14H17N3S. The molecule has 1 unspecified atom stereocenters. The van der Waals surface area contributed by atoms with Crippen LogP contribution in [0.1, 0.15) is 29.1 Å². The van der Waals surface area contributed by atoms with Gasteiger partial charge in [0, 0.05) is 11.4 Å². The van der Waals surface area contributed by atoms with Gasteiger partial charge in [-0.05, 0) is 49.4 Å². The summed E-state index contributed by atoms with van der Waals surface area (Å²) in [6, 6.07) is 6.61. The van der Waals surface area contributed by atoms with E-state index < -0.39 is 0 Å². The Morgan fingerprint density at radius 1 is 1.39 bits per heavy atom. The number of hydrogen-bond acceptors (Lipinski definition) is 4. The molecule has 1 atom stereocenters. The van der Waals surface area contributed by atoms with Gasteiger partial charge in [-0.25, -0.2) is 4.98 Å². The fraction of sp³-hybridized carbons (Fsp3) is 0.357. The summed E-state index contributed by atoms with van der Waals surface area (Å²) >= 11 is 1.86. The second-order valence-electron chi connectivity index (χ2n) is 4.76. The highest BCUT2D eigenvalue weighted by atomic mass is 32.1. The minimum absolute atomic E-state index is 0.399. The van der Waals surface area contributed by atoms with Crippen LogP contribution >= 0.6 is 11.3 Å². The summed E-state index contributed by atoms with van der Waals surface area (Å²) < 4.78 is 0. The number of aromatic nitrogens is 1. The van der Waals surface area contributed by atoms with E-state index in [1.165, 1.54) is 10.4 Å². The minimum Gasteiger partial charge on any atom is -0.397 e. The molecule has 2 aromatic rings. The van der Waals surface area contributed by atoms with E-state index in [-0.39, 0.29) is 0 Å². The highest BCUT2D eigenvalue weighted by molar-refractivity contribution is 7.10. The van der Waals surface area contributed by atoms with Crippen molar-refractivity contribution >= 4 is 22.8 Å². The van der Waals surface area contributed by atoms with Gasteiger partial charge >= 0.3 is 0 Å². The molecule has 0 fully saturated rings. The SMILES string of the molecule is Cc1nc(N2CCc3sccc3C2C)ccc1N. The van der Waals surface area contributed by atoms with Crippen LogP contribution in [0.5, 0.6) is 0 Å². The highest BCUT2D eigenvalue weighted by Crippen LogP contribution is 2.35. The second kappa shape index (κ2) is 4.28. The third-order valence-electron chi connectivity index (χ3n) is 3.68. The van der Waals surface area contributed by atoms with Gasteiger partial charge in [-0.3, -0.25) is 0 Å². The molecule has 18 heavy (non-hydrogen) atoms. The second-order valence-corrected chi connectivity index (χ2v) is 5.76. The Kier molecular flexibility index (Phi) is 2.74. The number of hydrogen-bond donors (Lipinski definition) is 1. The average molecular weight is 259 g/mol. The van der Waals surface area contributed by atoms with E-state index in [2.05, 4.69) is 28.3 Å². The zero-order chi connectivity index (χ0) is 12.7. The van der Waals surface area contributed by atoms with E-state index >= 15 is 0 Å². The first kappa shape index (κ1) is 11.5. The molecule has 4 heteroatoms. The van der Waals surface area contributed by atoms with Gasteiger partial charge in [0.1, 0.15) is 5.82 Å². The standard InChI is InChI=1S/C14H17N3S/c1-9-12(15)3-4-14(16-9)17-7-5-13-11(10(17)2)6-8-18-13/h3-4,6,8,10H,5,7,15H2,1-2H3. The lowest BCUT2D eigenvalue weighted by atomic mass is 10.0. The summed E-state index contributed by atoms with van der Waals surface area (Å²) in [5.41, 5.74) is 8.96. The first-order chi connectivity index (χ1) is 8.66. The van der Waals surface area contributed by atoms with Crippen LogP contribution in [0.3, 0.4) is 0 Å². The Balaban J connectivity index is 1.96. The number of nitrogens with two attached hydrogens (primary N) is 1. The molecule has 0 amide bonds. The zero-order valence-electron chi connectivity index (χ0n) is 10.7. The van der Waals surface area contributed by atoms with Gasteiger partial charge in [0.25, 0.3) is 0 Å². The van der Waals surface area contributed by atoms with E-state index in [4.69, 9.17) is 5.73 Å². The molecule has 94 valence electrons. The van der Waals surface area contributed by atoms with Gasteiger partial charge in [0.15, 0.2) is 0 Å². The average Bonchev–Trinajstić information content (AvgIpc) is 2.83. The molecule has 3 rings (SSSR count). The molecule has 1 aliphatic heterocycles. The number of aryl methyl sites for hydroxylation is 1. The lowest BCUT2D eigenvalue weighted by molar-refractivity contribution is 0.624. The molecule has 0 spiro atoms. The first-order valence-electron chi connectivity index (χ1n) is 6.23. The molecule has 3 nitrogen and oxygen atoms in total. The molecule has 2 aromatic heterocycles. The summed E-state index contributed by atoms with van der Waals surface area (Å²) in [6.07, 6.45) is 1.11. The van der Waals surface area contributed by atoms with Crippen molar-refractivity contribution in [3.05, 3.63) is 39.7 Å². The van der Waals surface area contributed by atoms with Crippen LogP contribution in [-0.4, -0.2) is 11.5 Å². The van der Waals surface area contributed by atoms with Crippen LogP contribution in [0.4, 0.5) is 11.5 Å². The molecule has 0 radical (unpaired) electrons. The summed E-state index contributed by atoms with van der Waals surface area (Å²) in [5, 5.41) is 2.19. The van der Waals surface area contributed by atoms with E-state index in [9.17, 15) is 0 Å². The van der Waals surface area contributed by atoms with E-state index in [0.29, 0.717) is 6.04 Å². The van der Waals surface area contributed by atoms with Crippen molar-refractivity contribution in [3.63, 3.8) is 0 Å². The summed E-state index contributed by atoms with van der Waals surface area (Å²) in [4.78, 5) is 8.49. The minimum atomic E-state index is 0.399. The van der Waals surface area contributed by atoms with Gasteiger partial charge in [0.2, 0.25) is 0 Å². The number of thiophene rings is 1. The normalized spacial score (nSPS) is 18.8. The van der Waals surface area contributed by atoms with Gasteiger partial charge < -0.3 is 10.6 Å². The maximum Gasteiger partial charge on any atom is 0.129 e. The summed E-state index contributed by atoms with van der Waals surface area (Å²) in [7, 11) is 0. The van der Waals surface area contributed by atoms with Crippen molar-refractivity contribution in [3.8, 4) is 0 Å². The number of nitrogen functional groups attached to an aromatic ring is 1. The van der Waals surface area contributed by atoms with Gasteiger partial charge in [-0.1, -0.05) is 0 Å². The van der Waals surface area contributed by atoms with Crippen molar-refractivity contribution in [2.24, 2.45) is 0 Å². The van der Waals surface area contributed by atoms with Crippen LogP contribution < -0.4 is 10.6 Å². The quantitative estimate of drug-likeness (QED) is 0.855. The van der Waals surface area contributed by atoms with E-state index in [1.54, 1.807) is 0 Å². The summed E-state index contributed by atoms with van der Waals surface area (Å²) in [6.45, 7) is 5.24. The topological polar surface area (TPSA) is 42.2 Å². The zero-order valence-corrected chi connectivity index (χ0v) is 11.5. The predicted molar refractivity (Wildman–Crippen MR) is 77.2 cm³/mol. The van der Waals surface area contributed by atoms with Gasteiger partial charge in [-0.2, -0.15) is 0 Å². The lowest BCUT2D eigenvalue weighted by Crippen LogP contribution is -2.33. The third kappa shape index (κ3) is 1.77. The molecule has 0 saturated heterocycles. The van der Waals surface area contributed by atoms with Crippen LogP contribution in [0.2, 0.25) is 0 Å². The van der Waals surface area contributed by atoms with Crippen molar-refractivity contribution in [2.75, 3.05) is 17.2 Å². The summed E-state index contributed by atoms with van der Waals surface area (Å²) in [5.74, 6) is 1.03.